The number of aryl methyl sites for hydroxylation is 1. The molecule has 4 aromatic carbocycles. The van der Waals surface area contributed by atoms with E-state index in [1.165, 1.54) is 33.4 Å². The summed E-state index contributed by atoms with van der Waals surface area (Å²) < 4.78 is 3.39. The summed E-state index contributed by atoms with van der Waals surface area (Å²) in [5.74, 6) is 0. The van der Waals surface area contributed by atoms with E-state index in [0.29, 0.717) is 0 Å². The highest BCUT2D eigenvalue weighted by Crippen LogP contribution is 2.41. The lowest BCUT2D eigenvalue weighted by Gasteiger charge is -2.37. The van der Waals surface area contributed by atoms with Crippen molar-refractivity contribution >= 4 is 27.6 Å². The van der Waals surface area contributed by atoms with E-state index in [1.807, 2.05) is 6.33 Å². The minimum atomic E-state index is -0.538. The van der Waals surface area contributed by atoms with Crippen molar-refractivity contribution in [1.29, 1.82) is 0 Å². The SMILES string of the molecule is Brc1ccc2c(c1)/C(=C/c1cn(C(c3ccccc3)(c3ccccc3)c3ccccc3)cn1)CC2. The number of hydrogen-bond acceptors (Lipinski definition) is 1. The molecular weight excluding hydrogens is 492 g/mol. The molecule has 1 aliphatic carbocycles. The summed E-state index contributed by atoms with van der Waals surface area (Å²) >= 11 is 3.64. The maximum atomic E-state index is 4.89. The van der Waals surface area contributed by atoms with Crippen LogP contribution in [0, 0.1) is 0 Å². The van der Waals surface area contributed by atoms with Gasteiger partial charge in [0, 0.05) is 10.7 Å². The fourth-order valence-corrected chi connectivity index (χ4v) is 5.74. The third kappa shape index (κ3) is 3.86. The van der Waals surface area contributed by atoms with E-state index in [4.69, 9.17) is 4.98 Å². The van der Waals surface area contributed by atoms with Gasteiger partial charge in [-0.25, -0.2) is 4.98 Å². The summed E-state index contributed by atoms with van der Waals surface area (Å²) in [5, 5.41) is 0. The van der Waals surface area contributed by atoms with Crippen LogP contribution in [0.5, 0.6) is 0 Å². The summed E-state index contributed by atoms with van der Waals surface area (Å²) in [6.45, 7) is 0. The van der Waals surface area contributed by atoms with Gasteiger partial charge in [0.05, 0.1) is 12.0 Å². The average molecular weight is 517 g/mol. The molecule has 35 heavy (non-hydrogen) atoms. The van der Waals surface area contributed by atoms with Gasteiger partial charge in [-0.3, -0.25) is 0 Å². The Morgan fingerprint density at radius 1 is 0.714 bits per heavy atom. The number of allylic oxidation sites excluding steroid dienone is 1. The first-order valence-electron chi connectivity index (χ1n) is 12.0. The predicted molar refractivity (Wildman–Crippen MR) is 147 cm³/mol. The summed E-state index contributed by atoms with van der Waals surface area (Å²) in [7, 11) is 0. The van der Waals surface area contributed by atoms with Crippen LogP contribution in [0.15, 0.2) is 126 Å². The van der Waals surface area contributed by atoms with Gasteiger partial charge in [0.2, 0.25) is 0 Å². The van der Waals surface area contributed by atoms with Crippen LogP contribution in [-0.2, 0) is 12.0 Å². The average Bonchev–Trinajstić information content (AvgIpc) is 3.54. The minimum absolute atomic E-state index is 0.538. The zero-order chi connectivity index (χ0) is 23.7. The maximum absolute atomic E-state index is 4.89. The first-order valence-corrected chi connectivity index (χ1v) is 12.7. The molecular formula is C32H25BrN2. The van der Waals surface area contributed by atoms with Crippen molar-refractivity contribution in [1.82, 2.24) is 9.55 Å². The molecule has 0 bridgehead atoms. The van der Waals surface area contributed by atoms with Crippen LogP contribution in [0.4, 0.5) is 0 Å². The van der Waals surface area contributed by atoms with E-state index in [9.17, 15) is 0 Å². The van der Waals surface area contributed by atoms with Gasteiger partial charge in [0.25, 0.3) is 0 Å². The molecule has 0 N–H and O–H groups in total. The fourth-order valence-electron chi connectivity index (χ4n) is 5.38. The van der Waals surface area contributed by atoms with Gasteiger partial charge in [-0.15, -0.1) is 0 Å². The van der Waals surface area contributed by atoms with Gasteiger partial charge >= 0.3 is 0 Å². The van der Waals surface area contributed by atoms with Crippen LogP contribution in [0.2, 0.25) is 0 Å². The summed E-state index contributed by atoms with van der Waals surface area (Å²) in [6.07, 6.45) is 8.55. The molecule has 0 radical (unpaired) electrons. The number of fused-ring (bicyclic) bond motifs is 1. The van der Waals surface area contributed by atoms with E-state index in [-0.39, 0.29) is 0 Å². The molecule has 0 fully saturated rings. The number of nitrogens with zero attached hydrogens (tertiary/aromatic N) is 2. The van der Waals surface area contributed by atoms with Gasteiger partial charge in [0.15, 0.2) is 0 Å². The lowest BCUT2D eigenvalue weighted by molar-refractivity contribution is 0.514. The molecule has 2 nitrogen and oxygen atoms in total. The van der Waals surface area contributed by atoms with Crippen molar-refractivity contribution in [2.24, 2.45) is 0 Å². The molecule has 0 spiro atoms. The predicted octanol–water partition coefficient (Wildman–Crippen LogP) is 7.97. The lowest BCUT2D eigenvalue weighted by Crippen LogP contribution is -2.36. The molecule has 0 amide bonds. The largest absolute Gasteiger partial charge is 0.318 e. The molecule has 6 rings (SSSR count). The van der Waals surface area contributed by atoms with E-state index in [2.05, 4.69) is 142 Å². The van der Waals surface area contributed by atoms with Crippen LogP contribution >= 0.6 is 15.9 Å². The Balaban J connectivity index is 1.55. The van der Waals surface area contributed by atoms with Crippen LogP contribution in [-0.4, -0.2) is 9.55 Å². The second kappa shape index (κ2) is 9.16. The van der Waals surface area contributed by atoms with E-state index >= 15 is 0 Å². The first kappa shape index (κ1) is 21.8. The molecule has 1 aliphatic rings. The molecule has 1 aromatic heterocycles. The summed E-state index contributed by atoms with van der Waals surface area (Å²) in [4.78, 5) is 4.89. The van der Waals surface area contributed by atoms with Gasteiger partial charge in [-0.1, -0.05) is 113 Å². The third-order valence-electron chi connectivity index (χ3n) is 6.97. The number of rotatable bonds is 5. The molecule has 3 heteroatoms. The Morgan fingerprint density at radius 3 is 1.86 bits per heavy atom. The zero-order valence-electron chi connectivity index (χ0n) is 19.3. The molecule has 0 saturated carbocycles. The van der Waals surface area contributed by atoms with Crippen LogP contribution in [0.25, 0.3) is 11.6 Å². The molecule has 1 heterocycles. The quantitative estimate of drug-likeness (QED) is 0.216. The maximum Gasteiger partial charge on any atom is 0.121 e. The normalized spacial score (nSPS) is 14.3. The Bertz CT molecular complexity index is 1390. The van der Waals surface area contributed by atoms with Crippen LogP contribution in [0.3, 0.4) is 0 Å². The monoisotopic (exact) mass is 516 g/mol. The van der Waals surface area contributed by atoms with Gasteiger partial charge in [-0.05, 0) is 64.4 Å². The number of aromatic nitrogens is 2. The van der Waals surface area contributed by atoms with Crippen LogP contribution < -0.4 is 0 Å². The van der Waals surface area contributed by atoms with Crippen molar-refractivity contribution < 1.29 is 0 Å². The van der Waals surface area contributed by atoms with Crippen molar-refractivity contribution in [3.63, 3.8) is 0 Å². The fraction of sp³-hybridized carbons (Fsp3) is 0.0938. The second-order valence-electron chi connectivity index (χ2n) is 8.99. The molecule has 0 aliphatic heterocycles. The van der Waals surface area contributed by atoms with Crippen LogP contribution in [0.1, 0.15) is 39.9 Å². The number of benzene rings is 4. The number of halogens is 1. The second-order valence-corrected chi connectivity index (χ2v) is 9.90. The van der Waals surface area contributed by atoms with Gasteiger partial charge in [0.1, 0.15) is 5.54 Å². The minimum Gasteiger partial charge on any atom is -0.318 e. The Morgan fingerprint density at radius 2 is 1.29 bits per heavy atom. The highest BCUT2D eigenvalue weighted by molar-refractivity contribution is 9.10. The third-order valence-corrected chi connectivity index (χ3v) is 7.46. The Hall–Kier alpha value is -3.69. The van der Waals surface area contributed by atoms with Crippen molar-refractivity contribution in [2.45, 2.75) is 18.4 Å². The first-order chi connectivity index (χ1) is 17.2. The van der Waals surface area contributed by atoms with E-state index in [0.717, 1.165) is 23.0 Å². The highest BCUT2D eigenvalue weighted by atomic mass is 79.9. The molecule has 5 aromatic rings. The van der Waals surface area contributed by atoms with E-state index < -0.39 is 5.54 Å². The topological polar surface area (TPSA) is 17.8 Å². The molecule has 170 valence electrons. The highest BCUT2D eigenvalue weighted by Gasteiger charge is 2.38. The molecule has 0 atom stereocenters. The van der Waals surface area contributed by atoms with E-state index in [1.54, 1.807) is 0 Å². The Labute approximate surface area is 214 Å². The van der Waals surface area contributed by atoms with Crippen molar-refractivity contribution in [3.05, 3.63) is 160 Å². The lowest BCUT2D eigenvalue weighted by atomic mass is 9.77. The summed E-state index contributed by atoms with van der Waals surface area (Å²) in [6, 6.07) is 38.8. The number of imidazole rings is 1. The Kier molecular flexibility index (Phi) is 5.71. The summed E-state index contributed by atoms with van der Waals surface area (Å²) in [5.41, 5.74) is 8.11. The van der Waals surface area contributed by atoms with Gasteiger partial charge in [-0.2, -0.15) is 0 Å². The van der Waals surface area contributed by atoms with Crippen molar-refractivity contribution in [2.75, 3.05) is 0 Å². The molecule has 0 saturated heterocycles. The van der Waals surface area contributed by atoms with Crippen molar-refractivity contribution in [3.8, 4) is 0 Å². The van der Waals surface area contributed by atoms with Gasteiger partial charge < -0.3 is 4.57 Å². The smallest absolute Gasteiger partial charge is 0.121 e. The zero-order valence-corrected chi connectivity index (χ0v) is 20.9. The molecule has 0 unspecified atom stereocenters. The standard InChI is InChI=1S/C32H25BrN2/c33-29-19-18-24-16-17-25(31(24)21-29)20-30-22-35(23-34-30)32(26-10-4-1-5-11-26,27-12-6-2-7-13-27)28-14-8-3-9-15-28/h1-15,18-23H,16-17H2/b25-20+. The number of hydrogen-bond donors (Lipinski definition) is 0.